The maximum absolute atomic E-state index is 11.4. The van der Waals surface area contributed by atoms with Gasteiger partial charge in [0.15, 0.2) is 0 Å². The lowest BCUT2D eigenvalue weighted by molar-refractivity contribution is -0.150. The molecular weight excluding hydrogens is 276 g/mol. The Bertz CT molecular complexity index is 557. The molecule has 1 heterocycles. The summed E-state index contributed by atoms with van der Waals surface area (Å²) in [5.74, 6) is -0.703. The molecule has 1 aromatic rings. The fourth-order valence-corrected chi connectivity index (χ4v) is 3.03. The van der Waals surface area contributed by atoms with Crippen molar-refractivity contribution in [1.29, 1.82) is 5.26 Å². The van der Waals surface area contributed by atoms with Crippen molar-refractivity contribution in [3.63, 3.8) is 0 Å². The molecule has 1 N–H and O–H groups in total. The fraction of sp³-hybridized carbons (Fsp3) is 0.467. The molecular formula is C15H17ClN2O2. The summed E-state index contributed by atoms with van der Waals surface area (Å²) < 4.78 is 0. The molecule has 0 aromatic heterocycles. The van der Waals surface area contributed by atoms with Crippen LogP contribution < -0.4 is 4.90 Å². The zero-order valence-corrected chi connectivity index (χ0v) is 12.2. The van der Waals surface area contributed by atoms with Gasteiger partial charge in [-0.1, -0.05) is 18.5 Å². The molecule has 1 aromatic carbocycles. The standard InChI is InChI=1S/C15H17ClN2O2/c1-2-15(14(19)20)5-7-18(8-6-15)13-4-3-11(10-17)9-12(13)16/h3-4,9H,2,5-8H2,1H3,(H,19,20). The third-order valence-corrected chi connectivity index (χ3v) is 4.57. The number of carboxylic acids is 1. The van der Waals surface area contributed by atoms with E-state index in [0.29, 0.717) is 42.9 Å². The summed E-state index contributed by atoms with van der Waals surface area (Å²) in [4.78, 5) is 13.5. The Hall–Kier alpha value is -1.73. The smallest absolute Gasteiger partial charge is 0.309 e. The average molecular weight is 293 g/mol. The van der Waals surface area contributed by atoms with Gasteiger partial charge in [0.1, 0.15) is 0 Å². The van der Waals surface area contributed by atoms with E-state index >= 15 is 0 Å². The molecule has 5 heteroatoms. The third-order valence-electron chi connectivity index (χ3n) is 4.27. The molecule has 0 bridgehead atoms. The minimum Gasteiger partial charge on any atom is -0.481 e. The Labute approximate surface area is 123 Å². The molecule has 0 amide bonds. The van der Waals surface area contributed by atoms with Crippen molar-refractivity contribution >= 4 is 23.3 Å². The van der Waals surface area contributed by atoms with Crippen LogP contribution in [0.5, 0.6) is 0 Å². The van der Waals surface area contributed by atoms with Crippen LogP contribution in [0, 0.1) is 16.7 Å². The molecule has 1 fully saturated rings. The number of aliphatic carboxylic acids is 1. The summed E-state index contributed by atoms with van der Waals surface area (Å²) in [5.41, 5.74) is 0.806. The number of hydrogen-bond acceptors (Lipinski definition) is 3. The van der Waals surface area contributed by atoms with Crippen molar-refractivity contribution < 1.29 is 9.90 Å². The molecule has 0 saturated carbocycles. The number of halogens is 1. The Kier molecular flexibility index (Phi) is 4.20. The highest BCUT2D eigenvalue weighted by Crippen LogP contribution is 2.38. The van der Waals surface area contributed by atoms with Gasteiger partial charge in [-0.3, -0.25) is 4.79 Å². The van der Waals surface area contributed by atoms with Crippen molar-refractivity contribution in [2.45, 2.75) is 26.2 Å². The second-order valence-corrected chi connectivity index (χ2v) is 5.61. The first kappa shape index (κ1) is 14.7. The first-order valence-corrected chi connectivity index (χ1v) is 7.08. The van der Waals surface area contributed by atoms with Crippen LogP contribution in [0.4, 0.5) is 5.69 Å². The molecule has 106 valence electrons. The monoisotopic (exact) mass is 292 g/mol. The summed E-state index contributed by atoms with van der Waals surface area (Å²) in [5, 5.41) is 18.8. The zero-order chi connectivity index (χ0) is 14.8. The highest BCUT2D eigenvalue weighted by molar-refractivity contribution is 6.33. The summed E-state index contributed by atoms with van der Waals surface area (Å²) in [7, 11) is 0. The summed E-state index contributed by atoms with van der Waals surface area (Å²) >= 11 is 6.20. The van der Waals surface area contributed by atoms with E-state index in [-0.39, 0.29) is 0 Å². The van der Waals surface area contributed by atoms with Crippen molar-refractivity contribution in [1.82, 2.24) is 0 Å². The van der Waals surface area contributed by atoms with E-state index in [1.807, 2.05) is 13.0 Å². The Morgan fingerprint density at radius 1 is 1.50 bits per heavy atom. The number of anilines is 1. The van der Waals surface area contributed by atoms with E-state index in [0.717, 1.165) is 5.69 Å². The van der Waals surface area contributed by atoms with Gasteiger partial charge in [-0.15, -0.1) is 0 Å². The lowest BCUT2D eigenvalue weighted by Gasteiger charge is -2.39. The van der Waals surface area contributed by atoms with Crippen molar-refractivity contribution in [2.24, 2.45) is 5.41 Å². The van der Waals surface area contributed by atoms with Crippen LogP contribution in [0.2, 0.25) is 5.02 Å². The van der Waals surface area contributed by atoms with E-state index in [1.54, 1.807) is 12.1 Å². The SMILES string of the molecule is CCC1(C(=O)O)CCN(c2ccc(C#N)cc2Cl)CC1. The molecule has 4 nitrogen and oxygen atoms in total. The summed E-state index contributed by atoms with van der Waals surface area (Å²) in [6, 6.07) is 7.27. The molecule has 0 atom stereocenters. The predicted molar refractivity (Wildman–Crippen MR) is 78.0 cm³/mol. The second kappa shape index (κ2) is 5.72. The first-order chi connectivity index (χ1) is 9.52. The van der Waals surface area contributed by atoms with Gasteiger partial charge in [0, 0.05) is 13.1 Å². The lowest BCUT2D eigenvalue weighted by atomic mass is 9.76. The number of piperidine rings is 1. The van der Waals surface area contributed by atoms with E-state index in [1.165, 1.54) is 0 Å². The minimum absolute atomic E-state index is 0.532. The van der Waals surface area contributed by atoms with Gasteiger partial charge >= 0.3 is 5.97 Å². The van der Waals surface area contributed by atoms with Crippen LogP contribution in [0.3, 0.4) is 0 Å². The Morgan fingerprint density at radius 3 is 2.60 bits per heavy atom. The highest BCUT2D eigenvalue weighted by atomic mass is 35.5. The molecule has 0 unspecified atom stereocenters. The number of carboxylic acid groups (broad SMARTS) is 1. The van der Waals surface area contributed by atoms with Gasteiger partial charge in [0.25, 0.3) is 0 Å². The summed E-state index contributed by atoms with van der Waals surface area (Å²) in [6.45, 7) is 3.27. The maximum Gasteiger partial charge on any atom is 0.309 e. The number of benzene rings is 1. The predicted octanol–water partition coefficient (Wildman–Crippen LogP) is 3.29. The molecule has 2 rings (SSSR count). The quantitative estimate of drug-likeness (QED) is 0.928. The van der Waals surface area contributed by atoms with Crippen molar-refractivity contribution in [2.75, 3.05) is 18.0 Å². The largest absolute Gasteiger partial charge is 0.481 e. The Balaban J connectivity index is 2.15. The van der Waals surface area contributed by atoms with E-state index < -0.39 is 11.4 Å². The zero-order valence-electron chi connectivity index (χ0n) is 11.4. The molecule has 1 saturated heterocycles. The van der Waals surface area contributed by atoms with Crippen LogP contribution in [0.15, 0.2) is 18.2 Å². The van der Waals surface area contributed by atoms with Crippen molar-refractivity contribution in [3.05, 3.63) is 28.8 Å². The van der Waals surface area contributed by atoms with E-state index in [9.17, 15) is 9.90 Å². The molecule has 0 spiro atoms. The van der Waals surface area contributed by atoms with Crippen LogP contribution >= 0.6 is 11.6 Å². The number of carbonyl (C=O) groups is 1. The van der Waals surface area contributed by atoms with Crippen LogP contribution in [0.1, 0.15) is 31.7 Å². The summed E-state index contributed by atoms with van der Waals surface area (Å²) in [6.07, 6.45) is 1.89. The van der Waals surface area contributed by atoms with Gasteiger partial charge in [-0.25, -0.2) is 0 Å². The molecule has 1 aliphatic rings. The average Bonchev–Trinajstić information content (AvgIpc) is 2.47. The molecule has 1 aliphatic heterocycles. The highest BCUT2D eigenvalue weighted by Gasteiger charge is 2.40. The first-order valence-electron chi connectivity index (χ1n) is 6.70. The normalized spacial score (nSPS) is 17.6. The maximum atomic E-state index is 11.4. The van der Waals surface area contributed by atoms with Crippen molar-refractivity contribution in [3.8, 4) is 6.07 Å². The van der Waals surface area contributed by atoms with Gasteiger partial charge in [-0.2, -0.15) is 5.26 Å². The number of hydrogen-bond donors (Lipinski definition) is 1. The van der Waals surface area contributed by atoms with Gasteiger partial charge in [0.2, 0.25) is 0 Å². The van der Waals surface area contributed by atoms with E-state index in [4.69, 9.17) is 16.9 Å². The number of rotatable bonds is 3. The number of nitrogens with zero attached hydrogens (tertiary/aromatic N) is 2. The van der Waals surface area contributed by atoms with Crippen LogP contribution in [0.25, 0.3) is 0 Å². The van der Waals surface area contributed by atoms with E-state index in [2.05, 4.69) is 11.0 Å². The second-order valence-electron chi connectivity index (χ2n) is 5.20. The van der Waals surface area contributed by atoms with Crippen LogP contribution in [-0.4, -0.2) is 24.2 Å². The van der Waals surface area contributed by atoms with Crippen LogP contribution in [-0.2, 0) is 4.79 Å². The molecule has 0 aliphatic carbocycles. The van der Waals surface area contributed by atoms with Gasteiger partial charge in [0.05, 0.1) is 27.8 Å². The molecule has 20 heavy (non-hydrogen) atoms. The molecule has 0 radical (unpaired) electrons. The minimum atomic E-state index is -0.703. The third kappa shape index (κ3) is 2.59. The topological polar surface area (TPSA) is 64.3 Å². The fourth-order valence-electron chi connectivity index (χ4n) is 2.73. The lowest BCUT2D eigenvalue weighted by Crippen LogP contribution is -2.44. The Morgan fingerprint density at radius 2 is 2.15 bits per heavy atom. The van der Waals surface area contributed by atoms with Gasteiger partial charge < -0.3 is 10.0 Å². The van der Waals surface area contributed by atoms with Gasteiger partial charge in [-0.05, 0) is 37.5 Å². The number of nitriles is 1.